The third-order valence-corrected chi connectivity index (χ3v) is 3.58. The van der Waals surface area contributed by atoms with Gasteiger partial charge in [0.05, 0.1) is 12.0 Å². The molecule has 19 heavy (non-hydrogen) atoms. The number of benzene rings is 1. The van der Waals surface area contributed by atoms with Crippen molar-refractivity contribution in [1.82, 2.24) is 0 Å². The monoisotopic (exact) mass is 265 g/mol. The molecule has 0 radical (unpaired) electrons. The first-order valence-corrected chi connectivity index (χ1v) is 6.61. The molecule has 4 nitrogen and oxygen atoms in total. The van der Waals surface area contributed by atoms with Gasteiger partial charge in [0.25, 0.3) is 0 Å². The molecule has 106 valence electrons. The Balaban J connectivity index is 3.07. The van der Waals surface area contributed by atoms with Crippen LogP contribution in [0.2, 0.25) is 0 Å². The number of ether oxygens (including phenoxy) is 1. The van der Waals surface area contributed by atoms with Gasteiger partial charge in [-0.3, -0.25) is 4.79 Å². The number of carbonyl (C=O) groups is 1. The van der Waals surface area contributed by atoms with Crippen molar-refractivity contribution >= 4 is 5.97 Å². The van der Waals surface area contributed by atoms with Gasteiger partial charge < -0.3 is 15.6 Å². The Labute approximate surface area is 114 Å². The summed E-state index contributed by atoms with van der Waals surface area (Å²) in [6.45, 7) is 6.28. The summed E-state index contributed by atoms with van der Waals surface area (Å²) in [5, 5.41) is 9.52. The predicted molar refractivity (Wildman–Crippen MR) is 74.8 cm³/mol. The fourth-order valence-corrected chi connectivity index (χ4v) is 2.21. The average Bonchev–Trinajstić information content (AvgIpc) is 2.36. The van der Waals surface area contributed by atoms with Gasteiger partial charge in [-0.05, 0) is 37.0 Å². The van der Waals surface area contributed by atoms with E-state index in [0.29, 0.717) is 13.0 Å². The zero-order chi connectivity index (χ0) is 14.5. The molecule has 4 heteroatoms. The van der Waals surface area contributed by atoms with Crippen LogP contribution in [0.1, 0.15) is 26.3 Å². The second-order valence-electron chi connectivity index (χ2n) is 5.08. The predicted octanol–water partition coefficient (Wildman–Crippen LogP) is 2.10. The van der Waals surface area contributed by atoms with Crippen LogP contribution in [-0.4, -0.2) is 24.2 Å². The molecule has 0 aliphatic rings. The maximum absolute atomic E-state index is 12.3. The average molecular weight is 265 g/mol. The van der Waals surface area contributed by atoms with Crippen LogP contribution in [0.3, 0.4) is 0 Å². The Bertz CT molecular complexity index is 431. The maximum Gasteiger partial charge on any atom is 0.313 e. The quantitative estimate of drug-likeness (QED) is 0.773. The number of nitrogens with two attached hydrogens (primary N) is 1. The van der Waals surface area contributed by atoms with E-state index in [1.165, 1.54) is 0 Å². The van der Waals surface area contributed by atoms with Gasteiger partial charge in [0.1, 0.15) is 5.75 Å². The molecule has 0 saturated carbocycles. The number of aromatic hydroxyl groups is 1. The highest BCUT2D eigenvalue weighted by Gasteiger charge is 2.41. The minimum atomic E-state index is -0.746. The molecule has 1 aromatic rings. The van der Waals surface area contributed by atoms with Crippen LogP contribution in [0, 0.1) is 11.3 Å². The van der Waals surface area contributed by atoms with Crippen LogP contribution in [-0.2, 0) is 16.0 Å². The molecule has 1 aromatic carbocycles. The van der Waals surface area contributed by atoms with Crippen LogP contribution < -0.4 is 5.73 Å². The first-order chi connectivity index (χ1) is 8.96. The van der Waals surface area contributed by atoms with Crippen LogP contribution >= 0.6 is 0 Å². The Morgan fingerprint density at radius 2 is 2.16 bits per heavy atom. The molecule has 3 N–H and O–H groups in total. The summed E-state index contributed by atoms with van der Waals surface area (Å²) < 4.78 is 5.18. The van der Waals surface area contributed by atoms with Crippen molar-refractivity contribution in [3.05, 3.63) is 29.8 Å². The summed E-state index contributed by atoms with van der Waals surface area (Å²) in [4.78, 5) is 12.3. The Morgan fingerprint density at radius 1 is 1.47 bits per heavy atom. The number of rotatable bonds is 6. The van der Waals surface area contributed by atoms with Gasteiger partial charge in [-0.15, -0.1) is 0 Å². The third-order valence-electron chi connectivity index (χ3n) is 3.58. The van der Waals surface area contributed by atoms with Gasteiger partial charge in [0.15, 0.2) is 0 Å². The molecule has 0 heterocycles. The van der Waals surface area contributed by atoms with Gasteiger partial charge >= 0.3 is 5.97 Å². The first-order valence-electron chi connectivity index (χ1n) is 6.61. The van der Waals surface area contributed by atoms with Crippen molar-refractivity contribution in [2.45, 2.75) is 27.2 Å². The normalized spacial score (nSPS) is 14.2. The molecular formula is C15H23NO3. The zero-order valence-electron chi connectivity index (χ0n) is 11.8. The highest BCUT2D eigenvalue weighted by Crippen LogP contribution is 2.33. The molecule has 0 bridgehead atoms. The lowest BCUT2D eigenvalue weighted by atomic mass is 9.72. The van der Waals surface area contributed by atoms with E-state index in [-0.39, 0.29) is 24.2 Å². The van der Waals surface area contributed by atoms with E-state index < -0.39 is 5.41 Å². The number of hydrogen-bond acceptors (Lipinski definition) is 4. The number of phenolic OH excluding ortho intramolecular Hbond substituents is 1. The smallest absolute Gasteiger partial charge is 0.313 e. The van der Waals surface area contributed by atoms with Crippen LogP contribution in [0.5, 0.6) is 5.75 Å². The third kappa shape index (κ3) is 3.47. The van der Waals surface area contributed by atoms with Crippen LogP contribution in [0.15, 0.2) is 24.3 Å². The lowest BCUT2D eigenvalue weighted by molar-refractivity contribution is -0.157. The SMILES string of the molecule is CCOC(=O)C(CN)(Cc1cccc(O)c1)C(C)C. The number of esters is 1. The molecule has 1 unspecified atom stereocenters. The van der Waals surface area contributed by atoms with Crippen molar-refractivity contribution in [2.24, 2.45) is 17.1 Å². The van der Waals surface area contributed by atoms with Gasteiger partial charge in [0.2, 0.25) is 0 Å². The number of phenols is 1. The minimum absolute atomic E-state index is 0.0545. The molecule has 0 fully saturated rings. The van der Waals surface area contributed by atoms with Crippen LogP contribution in [0.25, 0.3) is 0 Å². The van der Waals surface area contributed by atoms with Crippen molar-refractivity contribution in [3.63, 3.8) is 0 Å². The summed E-state index contributed by atoms with van der Waals surface area (Å²) in [7, 11) is 0. The summed E-state index contributed by atoms with van der Waals surface area (Å²) in [6.07, 6.45) is 0.467. The molecule has 1 rings (SSSR count). The second-order valence-corrected chi connectivity index (χ2v) is 5.08. The molecule has 0 aromatic heterocycles. The number of carbonyl (C=O) groups excluding carboxylic acids is 1. The van der Waals surface area contributed by atoms with Crippen molar-refractivity contribution in [3.8, 4) is 5.75 Å². The highest BCUT2D eigenvalue weighted by atomic mass is 16.5. The highest BCUT2D eigenvalue weighted by molar-refractivity contribution is 5.78. The molecule has 0 amide bonds. The molecule has 0 spiro atoms. The van der Waals surface area contributed by atoms with Crippen molar-refractivity contribution < 1.29 is 14.6 Å². The summed E-state index contributed by atoms with van der Waals surface area (Å²) in [5.74, 6) is -0.0224. The van der Waals surface area contributed by atoms with E-state index in [2.05, 4.69) is 0 Å². The van der Waals surface area contributed by atoms with Crippen LogP contribution in [0.4, 0.5) is 0 Å². The number of hydrogen-bond donors (Lipinski definition) is 2. The molecule has 0 saturated heterocycles. The summed E-state index contributed by atoms with van der Waals surface area (Å²) in [6, 6.07) is 6.91. The van der Waals surface area contributed by atoms with Gasteiger partial charge in [-0.1, -0.05) is 26.0 Å². The fraction of sp³-hybridized carbons (Fsp3) is 0.533. The standard InChI is InChI=1S/C15H23NO3/c1-4-19-14(18)15(10-16,11(2)3)9-12-6-5-7-13(17)8-12/h5-8,11,17H,4,9-10,16H2,1-3H3. The molecule has 1 atom stereocenters. The second kappa shape index (κ2) is 6.57. The molecule has 0 aliphatic heterocycles. The lowest BCUT2D eigenvalue weighted by Crippen LogP contribution is -2.46. The lowest BCUT2D eigenvalue weighted by Gasteiger charge is -2.34. The van der Waals surface area contributed by atoms with Crippen molar-refractivity contribution in [1.29, 1.82) is 0 Å². The Hall–Kier alpha value is -1.55. The Morgan fingerprint density at radius 3 is 2.63 bits per heavy atom. The van der Waals surface area contributed by atoms with Gasteiger partial charge in [0, 0.05) is 6.54 Å². The fourth-order valence-electron chi connectivity index (χ4n) is 2.21. The summed E-state index contributed by atoms with van der Waals surface area (Å²) in [5.41, 5.74) is 6.00. The van der Waals surface area contributed by atoms with E-state index in [9.17, 15) is 9.90 Å². The Kier molecular flexibility index (Phi) is 5.36. The molecular weight excluding hydrogens is 242 g/mol. The zero-order valence-corrected chi connectivity index (χ0v) is 11.8. The van der Waals surface area contributed by atoms with E-state index >= 15 is 0 Å². The van der Waals surface area contributed by atoms with Gasteiger partial charge in [-0.2, -0.15) is 0 Å². The van der Waals surface area contributed by atoms with E-state index in [0.717, 1.165) is 5.56 Å². The largest absolute Gasteiger partial charge is 0.508 e. The van der Waals surface area contributed by atoms with Gasteiger partial charge in [-0.25, -0.2) is 0 Å². The summed E-state index contributed by atoms with van der Waals surface area (Å²) >= 11 is 0. The topological polar surface area (TPSA) is 72.5 Å². The van der Waals surface area contributed by atoms with E-state index in [4.69, 9.17) is 10.5 Å². The first kappa shape index (κ1) is 15.5. The molecule has 0 aliphatic carbocycles. The maximum atomic E-state index is 12.3. The van der Waals surface area contributed by atoms with E-state index in [1.807, 2.05) is 19.9 Å². The minimum Gasteiger partial charge on any atom is -0.508 e. The van der Waals surface area contributed by atoms with E-state index in [1.54, 1.807) is 25.1 Å². The van der Waals surface area contributed by atoms with Crippen molar-refractivity contribution in [2.75, 3.05) is 13.2 Å².